The van der Waals surface area contributed by atoms with Crippen molar-refractivity contribution >= 4 is 28.3 Å². The number of fused-ring (bicyclic) bond motifs is 1. The molecule has 1 aromatic carbocycles. The first-order valence-electron chi connectivity index (χ1n) is 5.96. The van der Waals surface area contributed by atoms with Crippen LogP contribution < -0.4 is 5.73 Å². The fourth-order valence-corrected chi connectivity index (χ4v) is 2.29. The maximum absolute atomic E-state index is 11.2. The van der Waals surface area contributed by atoms with E-state index in [9.17, 15) is 4.79 Å². The smallest absolute Gasteiger partial charge is 0.221 e. The van der Waals surface area contributed by atoms with Crippen molar-refractivity contribution in [2.24, 2.45) is 5.73 Å². The highest BCUT2D eigenvalue weighted by atomic mass is 35.5. The van der Waals surface area contributed by atoms with Crippen LogP contribution in [0.1, 0.15) is 11.3 Å². The predicted molar refractivity (Wildman–Crippen MR) is 77.0 cm³/mol. The molecule has 0 radical (unpaired) electrons. The van der Waals surface area contributed by atoms with Crippen LogP contribution in [0.2, 0.25) is 5.02 Å². The van der Waals surface area contributed by atoms with Gasteiger partial charge in [-0.05, 0) is 37.2 Å². The van der Waals surface area contributed by atoms with Crippen LogP contribution in [0, 0.1) is 0 Å². The van der Waals surface area contributed by atoms with Gasteiger partial charge >= 0.3 is 0 Å². The number of aromatic nitrogens is 1. The summed E-state index contributed by atoms with van der Waals surface area (Å²) in [4.78, 5) is 17.6. The molecule has 0 aliphatic heterocycles. The third-order valence-corrected chi connectivity index (χ3v) is 3.20. The summed E-state index contributed by atoms with van der Waals surface area (Å²) < 4.78 is 0. The highest BCUT2D eigenvalue weighted by Gasteiger charge is 2.10. The van der Waals surface area contributed by atoms with Gasteiger partial charge in [-0.15, -0.1) is 0 Å². The highest BCUT2D eigenvalue weighted by molar-refractivity contribution is 6.32. The van der Waals surface area contributed by atoms with Crippen molar-refractivity contribution < 1.29 is 4.79 Å². The molecule has 0 spiro atoms. The van der Waals surface area contributed by atoms with Gasteiger partial charge in [0.2, 0.25) is 5.91 Å². The van der Waals surface area contributed by atoms with Gasteiger partial charge in [0.15, 0.2) is 0 Å². The third-order valence-electron chi connectivity index (χ3n) is 2.84. The molecule has 19 heavy (non-hydrogen) atoms. The van der Waals surface area contributed by atoms with Crippen LogP contribution in [-0.4, -0.2) is 29.9 Å². The number of benzene rings is 1. The lowest BCUT2D eigenvalue weighted by Crippen LogP contribution is -2.15. The first-order valence-corrected chi connectivity index (χ1v) is 6.34. The number of hydrogen-bond donors (Lipinski definition) is 1. The molecule has 5 heteroatoms. The van der Waals surface area contributed by atoms with Crippen molar-refractivity contribution in [3.8, 4) is 0 Å². The van der Waals surface area contributed by atoms with Crippen LogP contribution in [0.5, 0.6) is 0 Å². The summed E-state index contributed by atoms with van der Waals surface area (Å²) in [7, 11) is 3.96. The summed E-state index contributed by atoms with van der Waals surface area (Å²) in [5.74, 6) is -0.389. The Kier molecular flexibility index (Phi) is 4.02. The molecule has 2 aromatic rings. The molecule has 100 valence electrons. The van der Waals surface area contributed by atoms with E-state index in [0.29, 0.717) is 5.02 Å². The zero-order chi connectivity index (χ0) is 14.0. The first-order chi connectivity index (χ1) is 8.97. The number of carbonyl (C=O) groups is 1. The van der Waals surface area contributed by atoms with Gasteiger partial charge in [-0.2, -0.15) is 0 Å². The molecule has 2 rings (SSSR count). The summed E-state index contributed by atoms with van der Waals surface area (Å²) in [6, 6.07) is 5.64. The Morgan fingerprint density at radius 2 is 2.16 bits per heavy atom. The minimum absolute atomic E-state index is 0.140. The number of halogens is 1. The van der Waals surface area contributed by atoms with Gasteiger partial charge in [0.05, 0.1) is 12.1 Å². The monoisotopic (exact) mass is 277 g/mol. The van der Waals surface area contributed by atoms with Gasteiger partial charge in [-0.1, -0.05) is 17.7 Å². The molecule has 1 heterocycles. The molecule has 1 amide bonds. The largest absolute Gasteiger partial charge is 0.369 e. The first kappa shape index (κ1) is 13.8. The Balaban J connectivity index is 2.56. The molecule has 0 unspecified atom stereocenters. The molecular weight excluding hydrogens is 262 g/mol. The number of nitrogens with two attached hydrogens (primary N) is 1. The SMILES string of the molecule is CN(C)Cc1cc2c(CC(N)=O)c(Cl)ccc2cn1. The van der Waals surface area contributed by atoms with Crippen molar-refractivity contribution in [2.45, 2.75) is 13.0 Å². The van der Waals surface area contributed by atoms with E-state index in [1.165, 1.54) is 0 Å². The fourth-order valence-electron chi connectivity index (χ4n) is 2.06. The van der Waals surface area contributed by atoms with E-state index in [4.69, 9.17) is 17.3 Å². The van der Waals surface area contributed by atoms with Crippen LogP contribution in [0.4, 0.5) is 0 Å². The molecule has 0 aliphatic carbocycles. The Hall–Kier alpha value is -1.65. The van der Waals surface area contributed by atoms with Crippen molar-refractivity contribution in [2.75, 3.05) is 14.1 Å². The Morgan fingerprint density at radius 1 is 1.42 bits per heavy atom. The highest BCUT2D eigenvalue weighted by Crippen LogP contribution is 2.27. The maximum Gasteiger partial charge on any atom is 0.221 e. The predicted octanol–water partition coefficient (Wildman–Crippen LogP) is 1.98. The summed E-state index contributed by atoms with van der Waals surface area (Å²) in [5, 5.41) is 2.47. The topological polar surface area (TPSA) is 59.2 Å². The lowest BCUT2D eigenvalue weighted by Gasteiger charge is -2.12. The third kappa shape index (κ3) is 3.22. The number of rotatable bonds is 4. The molecule has 0 saturated carbocycles. The summed E-state index contributed by atoms with van der Waals surface area (Å²) in [6.45, 7) is 0.735. The number of pyridine rings is 1. The van der Waals surface area contributed by atoms with Gasteiger partial charge in [0, 0.05) is 23.2 Å². The molecule has 0 bridgehead atoms. The summed E-state index contributed by atoms with van der Waals surface area (Å²) in [5.41, 5.74) is 6.99. The number of primary amides is 1. The normalized spacial score (nSPS) is 11.2. The lowest BCUT2D eigenvalue weighted by atomic mass is 10.0. The van der Waals surface area contributed by atoms with Crippen molar-refractivity contribution in [1.82, 2.24) is 9.88 Å². The quantitative estimate of drug-likeness (QED) is 0.930. The second-order valence-electron chi connectivity index (χ2n) is 4.80. The average Bonchev–Trinajstić information content (AvgIpc) is 2.32. The van der Waals surface area contributed by atoms with E-state index in [2.05, 4.69) is 4.98 Å². The van der Waals surface area contributed by atoms with E-state index in [-0.39, 0.29) is 12.3 Å². The molecule has 0 atom stereocenters. The average molecular weight is 278 g/mol. The van der Waals surface area contributed by atoms with Crippen LogP contribution in [-0.2, 0) is 17.8 Å². The maximum atomic E-state index is 11.2. The second-order valence-corrected chi connectivity index (χ2v) is 5.21. The van der Waals surface area contributed by atoms with Crippen LogP contribution in [0.15, 0.2) is 24.4 Å². The molecule has 0 saturated heterocycles. The number of hydrogen-bond acceptors (Lipinski definition) is 3. The molecule has 2 N–H and O–H groups in total. The van der Waals surface area contributed by atoms with Gasteiger partial charge in [-0.3, -0.25) is 9.78 Å². The van der Waals surface area contributed by atoms with E-state index >= 15 is 0 Å². The fraction of sp³-hybridized carbons (Fsp3) is 0.286. The second kappa shape index (κ2) is 5.55. The Morgan fingerprint density at radius 3 is 2.79 bits per heavy atom. The van der Waals surface area contributed by atoms with Crippen molar-refractivity contribution in [1.29, 1.82) is 0 Å². The summed E-state index contributed by atoms with van der Waals surface area (Å²) in [6.07, 6.45) is 1.94. The van der Waals surface area contributed by atoms with Crippen LogP contribution >= 0.6 is 11.6 Å². The summed E-state index contributed by atoms with van der Waals surface area (Å²) >= 11 is 6.17. The van der Waals surface area contributed by atoms with Crippen molar-refractivity contribution in [3.63, 3.8) is 0 Å². The van der Waals surface area contributed by atoms with E-state index in [0.717, 1.165) is 28.6 Å². The molecule has 1 aromatic heterocycles. The van der Waals surface area contributed by atoms with Crippen molar-refractivity contribution in [3.05, 3.63) is 40.7 Å². The molecule has 0 fully saturated rings. The van der Waals surface area contributed by atoms with Crippen LogP contribution in [0.25, 0.3) is 10.8 Å². The molecule has 0 aliphatic rings. The van der Waals surface area contributed by atoms with Crippen LogP contribution in [0.3, 0.4) is 0 Å². The van der Waals surface area contributed by atoms with Gasteiger partial charge < -0.3 is 10.6 Å². The van der Waals surface area contributed by atoms with E-state index in [1.807, 2.05) is 31.1 Å². The van der Waals surface area contributed by atoms with Gasteiger partial charge in [0.25, 0.3) is 0 Å². The number of amides is 1. The van der Waals surface area contributed by atoms with Gasteiger partial charge in [0.1, 0.15) is 0 Å². The number of carbonyl (C=O) groups excluding carboxylic acids is 1. The lowest BCUT2D eigenvalue weighted by molar-refractivity contribution is -0.117. The zero-order valence-corrected chi connectivity index (χ0v) is 11.7. The number of nitrogens with zero attached hydrogens (tertiary/aromatic N) is 2. The van der Waals surface area contributed by atoms with Gasteiger partial charge in [-0.25, -0.2) is 0 Å². The minimum atomic E-state index is -0.389. The minimum Gasteiger partial charge on any atom is -0.369 e. The molecular formula is C14H16ClN3O. The Bertz CT molecular complexity index is 625. The standard InChI is InChI=1S/C14H16ClN3O/c1-18(2)8-10-5-11-9(7-17-10)3-4-13(15)12(11)6-14(16)19/h3-5,7H,6,8H2,1-2H3,(H2,16,19). The zero-order valence-electron chi connectivity index (χ0n) is 11.0. The Labute approximate surface area is 117 Å². The van der Waals surface area contributed by atoms with E-state index < -0.39 is 0 Å². The molecule has 4 nitrogen and oxygen atoms in total. The van der Waals surface area contributed by atoms with E-state index in [1.54, 1.807) is 12.3 Å².